The van der Waals surface area contributed by atoms with Crippen LogP contribution in [0, 0.1) is 0 Å². The number of carbonyl (C=O) groups is 2. The lowest BCUT2D eigenvalue weighted by Crippen LogP contribution is -2.17. The summed E-state index contributed by atoms with van der Waals surface area (Å²) in [6.07, 6.45) is 2.14. The van der Waals surface area contributed by atoms with Crippen LogP contribution in [0.15, 0.2) is 40.9 Å². The molecule has 2 heterocycles. The highest BCUT2D eigenvalue weighted by molar-refractivity contribution is 7.99. The topological polar surface area (TPSA) is 86.1 Å². The molecule has 3 aromatic rings. The molecule has 4 rings (SSSR count). The van der Waals surface area contributed by atoms with Crippen LogP contribution in [0.2, 0.25) is 0 Å². The molecule has 0 atom stereocenters. The fourth-order valence-corrected chi connectivity index (χ4v) is 4.90. The molecule has 1 amide bonds. The smallest absolute Gasteiger partial charge is 0.341 e. The van der Waals surface area contributed by atoms with E-state index in [-0.39, 0.29) is 17.6 Å². The predicted octanol–water partition coefficient (Wildman–Crippen LogP) is 4.33. The molecule has 0 radical (unpaired) electrons. The molecule has 1 aliphatic carbocycles. The van der Waals surface area contributed by atoms with Crippen molar-refractivity contribution in [2.24, 2.45) is 7.05 Å². The molecule has 7 nitrogen and oxygen atoms in total. The van der Waals surface area contributed by atoms with Gasteiger partial charge < -0.3 is 14.6 Å². The van der Waals surface area contributed by atoms with Gasteiger partial charge in [-0.05, 0) is 36.6 Å². The normalized spacial score (nSPS) is 13.3. The van der Waals surface area contributed by atoms with E-state index in [1.54, 1.807) is 6.92 Å². The Bertz CT molecular complexity index is 1060. The summed E-state index contributed by atoms with van der Waals surface area (Å²) in [5, 5.41) is 14.5. The van der Waals surface area contributed by atoms with Gasteiger partial charge in [0.25, 0.3) is 0 Å². The molecule has 1 aromatic carbocycles. The summed E-state index contributed by atoms with van der Waals surface area (Å²) >= 11 is 2.68. The van der Waals surface area contributed by atoms with Crippen LogP contribution in [0.25, 0.3) is 11.4 Å². The Morgan fingerprint density at radius 2 is 2.03 bits per heavy atom. The second kappa shape index (κ2) is 9.01. The van der Waals surface area contributed by atoms with Crippen molar-refractivity contribution in [2.75, 3.05) is 17.7 Å². The number of rotatable bonds is 8. The monoisotopic (exact) mass is 442 g/mol. The average molecular weight is 443 g/mol. The third-order valence-corrected chi connectivity index (χ3v) is 6.70. The van der Waals surface area contributed by atoms with Gasteiger partial charge in [-0.1, -0.05) is 42.1 Å². The van der Waals surface area contributed by atoms with Crippen molar-refractivity contribution in [1.29, 1.82) is 0 Å². The van der Waals surface area contributed by atoms with Gasteiger partial charge >= 0.3 is 5.97 Å². The summed E-state index contributed by atoms with van der Waals surface area (Å²) in [6, 6.07) is 9.78. The first-order valence-corrected chi connectivity index (χ1v) is 11.6. The molecule has 1 N–H and O–H groups in total. The van der Waals surface area contributed by atoms with Crippen LogP contribution in [0.3, 0.4) is 0 Å². The summed E-state index contributed by atoms with van der Waals surface area (Å²) in [5.41, 5.74) is 2.46. The van der Waals surface area contributed by atoms with E-state index >= 15 is 0 Å². The van der Waals surface area contributed by atoms with E-state index < -0.39 is 0 Å². The van der Waals surface area contributed by atoms with Crippen molar-refractivity contribution in [3.63, 3.8) is 0 Å². The first kappa shape index (κ1) is 20.6. The van der Waals surface area contributed by atoms with Gasteiger partial charge in [-0.25, -0.2) is 4.79 Å². The number of thiophene rings is 1. The van der Waals surface area contributed by atoms with Crippen molar-refractivity contribution in [1.82, 2.24) is 14.8 Å². The summed E-state index contributed by atoms with van der Waals surface area (Å²) in [6.45, 7) is 2.08. The number of esters is 1. The highest BCUT2D eigenvalue weighted by Crippen LogP contribution is 2.46. The second-order valence-corrected chi connectivity index (χ2v) is 8.78. The molecule has 2 aromatic heterocycles. The van der Waals surface area contributed by atoms with Gasteiger partial charge in [0, 0.05) is 12.6 Å². The van der Waals surface area contributed by atoms with E-state index in [2.05, 4.69) is 15.5 Å². The highest BCUT2D eigenvalue weighted by Gasteiger charge is 2.32. The Morgan fingerprint density at radius 3 is 2.73 bits per heavy atom. The molecule has 9 heteroatoms. The van der Waals surface area contributed by atoms with Gasteiger partial charge in [-0.15, -0.1) is 21.5 Å². The molecule has 1 aliphatic rings. The molecular formula is C21H22N4O3S2. The average Bonchev–Trinajstić information content (AvgIpc) is 3.41. The Labute approximate surface area is 182 Å². The van der Waals surface area contributed by atoms with Crippen molar-refractivity contribution < 1.29 is 14.3 Å². The van der Waals surface area contributed by atoms with E-state index in [9.17, 15) is 9.59 Å². The number of hydrogen-bond acceptors (Lipinski definition) is 7. The number of nitrogens with zero attached hydrogens (tertiary/aromatic N) is 3. The van der Waals surface area contributed by atoms with Crippen LogP contribution >= 0.6 is 23.1 Å². The largest absolute Gasteiger partial charge is 0.462 e. The van der Waals surface area contributed by atoms with Crippen LogP contribution in [-0.4, -0.2) is 39.0 Å². The zero-order valence-electron chi connectivity index (χ0n) is 16.8. The minimum atomic E-state index is -0.371. The first-order valence-electron chi connectivity index (χ1n) is 9.74. The molecule has 0 spiro atoms. The SMILES string of the molecule is CCOC(=O)c1c(C2CC2)csc1NC(=O)CSc1nnc(-c2ccccc2)n1C. The maximum Gasteiger partial charge on any atom is 0.341 e. The lowest BCUT2D eigenvalue weighted by Gasteiger charge is -2.08. The molecule has 1 saturated carbocycles. The number of carbonyl (C=O) groups excluding carboxylic acids is 2. The lowest BCUT2D eigenvalue weighted by atomic mass is 10.1. The molecule has 0 saturated heterocycles. The molecular weight excluding hydrogens is 420 g/mol. The van der Waals surface area contributed by atoms with Crippen LogP contribution in [0.4, 0.5) is 5.00 Å². The van der Waals surface area contributed by atoms with E-state index in [0.29, 0.717) is 28.2 Å². The van der Waals surface area contributed by atoms with Crippen molar-refractivity contribution >= 4 is 40.0 Å². The number of thioether (sulfide) groups is 1. The number of amides is 1. The number of ether oxygens (including phenoxy) is 1. The van der Waals surface area contributed by atoms with Crippen molar-refractivity contribution in [3.05, 3.63) is 46.8 Å². The van der Waals surface area contributed by atoms with E-state index in [1.807, 2.05) is 47.3 Å². The van der Waals surface area contributed by atoms with Crippen LogP contribution < -0.4 is 5.32 Å². The number of anilines is 1. The predicted molar refractivity (Wildman–Crippen MR) is 118 cm³/mol. The number of benzene rings is 1. The summed E-state index contributed by atoms with van der Waals surface area (Å²) < 4.78 is 7.08. The Morgan fingerprint density at radius 1 is 1.27 bits per heavy atom. The standard InChI is InChI=1S/C21H22N4O3S2/c1-3-28-20(27)17-15(13-9-10-13)11-29-19(17)22-16(26)12-30-21-24-23-18(25(21)2)14-7-5-4-6-8-14/h4-8,11,13H,3,9-10,12H2,1-2H3,(H,22,26). The Balaban J connectivity index is 1.43. The highest BCUT2D eigenvalue weighted by atomic mass is 32.2. The maximum atomic E-state index is 12.6. The van der Waals surface area contributed by atoms with Crippen LogP contribution in [0.1, 0.15) is 41.6 Å². The van der Waals surface area contributed by atoms with Crippen LogP contribution in [-0.2, 0) is 16.6 Å². The molecule has 0 aliphatic heterocycles. The Kier molecular flexibility index (Phi) is 6.19. The van der Waals surface area contributed by atoms with Gasteiger partial charge in [0.1, 0.15) is 5.00 Å². The zero-order chi connectivity index (χ0) is 21.1. The molecule has 156 valence electrons. The minimum Gasteiger partial charge on any atom is -0.462 e. The molecule has 30 heavy (non-hydrogen) atoms. The minimum absolute atomic E-state index is 0.166. The molecule has 0 unspecified atom stereocenters. The van der Waals surface area contributed by atoms with Crippen molar-refractivity contribution in [3.8, 4) is 11.4 Å². The lowest BCUT2D eigenvalue weighted by molar-refractivity contribution is -0.113. The van der Waals surface area contributed by atoms with Gasteiger partial charge in [-0.3, -0.25) is 4.79 Å². The van der Waals surface area contributed by atoms with E-state index in [4.69, 9.17) is 4.74 Å². The van der Waals surface area contributed by atoms with E-state index in [0.717, 1.165) is 29.8 Å². The van der Waals surface area contributed by atoms with Gasteiger partial charge in [0.15, 0.2) is 11.0 Å². The summed E-state index contributed by atoms with van der Waals surface area (Å²) in [5.74, 6) is 0.745. The molecule has 1 fully saturated rings. The van der Waals surface area contributed by atoms with Gasteiger partial charge in [0.05, 0.1) is 17.9 Å². The fraction of sp³-hybridized carbons (Fsp3) is 0.333. The number of hydrogen-bond donors (Lipinski definition) is 1. The van der Waals surface area contributed by atoms with Gasteiger partial charge in [-0.2, -0.15) is 0 Å². The Hall–Kier alpha value is -2.65. The zero-order valence-corrected chi connectivity index (χ0v) is 18.4. The molecule has 0 bridgehead atoms. The fourth-order valence-electron chi connectivity index (χ4n) is 3.14. The third-order valence-electron chi connectivity index (χ3n) is 4.77. The number of nitrogens with one attached hydrogen (secondary N) is 1. The van der Waals surface area contributed by atoms with Gasteiger partial charge in [0.2, 0.25) is 5.91 Å². The summed E-state index contributed by atoms with van der Waals surface area (Å²) in [7, 11) is 1.88. The third kappa shape index (κ3) is 4.41. The quantitative estimate of drug-likeness (QED) is 0.413. The second-order valence-electron chi connectivity index (χ2n) is 6.96. The van der Waals surface area contributed by atoms with E-state index in [1.165, 1.54) is 23.1 Å². The first-order chi connectivity index (χ1) is 14.6. The number of aromatic nitrogens is 3. The maximum absolute atomic E-state index is 12.6. The summed E-state index contributed by atoms with van der Waals surface area (Å²) in [4.78, 5) is 25.0. The van der Waals surface area contributed by atoms with Crippen LogP contribution in [0.5, 0.6) is 0 Å². The van der Waals surface area contributed by atoms with Crippen molar-refractivity contribution in [2.45, 2.75) is 30.8 Å².